The summed E-state index contributed by atoms with van der Waals surface area (Å²) in [6, 6.07) is 82.7. The molecule has 0 atom stereocenters. The molecule has 0 aliphatic heterocycles. The molecule has 9 aromatic carbocycles. The SMILES string of the molecule is c1ccc(-c2ccc(N(c3ccc4c(c3)-c3c(sc5ccccc35)C43c4ccccc4-c4ccccc43)c3ccc(-c4ccccc4)cc3-c3ccccc3)cc2)cc1. The van der Waals surface area contributed by atoms with E-state index in [0.717, 1.165) is 17.1 Å². The van der Waals surface area contributed by atoms with Gasteiger partial charge in [-0.1, -0.05) is 182 Å². The minimum atomic E-state index is -0.394. The van der Waals surface area contributed by atoms with Crippen LogP contribution in [0.15, 0.2) is 224 Å². The molecule has 0 saturated carbocycles. The molecule has 2 aliphatic carbocycles. The van der Waals surface area contributed by atoms with Crippen molar-refractivity contribution >= 4 is 38.5 Å². The summed E-state index contributed by atoms with van der Waals surface area (Å²) in [5, 5.41) is 1.32. The summed E-state index contributed by atoms with van der Waals surface area (Å²) in [6.07, 6.45) is 0. The first-order valence-electron chi connectivity index (χ1n) is 20.3. The molecule has 0 bridgehead atoms. The highest BCUT2D eigenvalue weighted by atomic mass is 32.1. The van der Waals surface area contributed by atoms with Gasteiger partial charge in [0.1, 0.15) is 0 Å². The van der Waals surface area contributed by atoms with E-state index in [1.54, 1.807) is 0 Å². The van der Waals surface area contributed by atoms with E-state index < -0.39 is 5.41 Å². The highest BCUT2D eigenvalue weighted by molar-refractivity contribution is 7.20. The van der Waals surface area contributed by atoms with E-state index in [1.165, 1.54) is 87.3 Å². The lowest BCUT2D eigenvalue weighted by Gasteiger charge is -2.31. The van der Waals surface area contributed by atoms with Crippen molar-refractivity contribution in [3.8, 4) is 55.6 Å². The second kappa shape index (κ2) is 13.4. The third-order valence-electron chi connectivity index (χ3n) is 12.5. The van der Waals surface area contributed by atoms with Gasteiger partial charge in [0.25, 0.3) is 0 Å². The van der Waals surface area contributed by atoms with E-state index >= 15 is 0 Å². The molecular formula is C57H37NS. The summed E-state index contributed by atoms with van der Waals surface area (Å²) < 4.78 is 1.33. The van der Waals surface area contributed by atoms with Gasteiger partial charge in [-0.2, -0.15) is 0 Å². The van der Waals surface area contributed by atoms with Crippen molar-refractivity contribution in [3.05, 3.63) is 246 Å². The normalized spacial score (nSPS) is 12.9. The van der Waals surface area contributed by atoms with Crippen molar-refractivity contribution in [1.29, 1.82) is 0 Å². The molecule has 0 radical (unpaired) electrons. The quantitative estimate of drug-likeness (QED) is 0.163. The van der Waals surface area contributed by atoms with Crippen LogP contribution in [0, 0.1) is 0 Å². The molecule has 12 rings (SSSR count). The van der Waals surface area contributed by atoms with Gasteiger partial charge in [-0.3, -0.25) is 0 Å². The van der Waals surface area contributed by atoms with Crippen LogP contribution in [0.2, 0.25) is 0 Å². The predicted octanol–water partition coefficient (Wildman–Crippen LogP) is 15.7. The average Bonchev–Trinajstić information content (AvgIpc) is 3.94. The maximum atomic E-state index is 2.48. The number of thiophene rings is 1. The van der Waals surface area contributed by atoms with Crippen LogP contribution in [-0.2, 0) is 5.41 Å². The zero-order chi connectivity index (χ0) is 38.9. The third kappa shape index (κ3) is 5.10. The molecule has 276 valence electrons. The van der Waals surface area contributed by atoms with Crippen LogP contribution >= 0.6 is 11.3 Å². The summed E-state index contributed by atoms with van der Waals surface area (Å²) in [6.45, 7) is 0. The van der Waals surface area contributed by atoms with Gasteiger partial charge < -0.3 is 4.90 Å². The topological polar surface area (TPSA) is 3.24 Å². The summed E-state index contributed by atoms with van der Waals surface area (Å²) in [5.74, 6) is 0. The zero-order valence-corrected chi connectivity index (χ0v) is 33.0. The van der Waals surface area contributed by atoms with E-state index in [1.807, 2.05) is 11.3 Å². The van der Waals surface area contributed by atoms with Gasteiger partial charge in [0, 0.05) is 37.5 Å². The van der Waals surface area contributed by atoms with Crippen LogP contribution < -0.4 is 4.90 Å². The first-order chi connectivity index (χ1) is 29.3. The van der Waals surface area contributed by atoms with Gasteiger partial charge in [-0.25, -0.2) is 0 Å². The van der Waals surface area contributed by atoms with Crippen molar-refractivity contribution in [2.24, 2.45) is 0 Å². The van der Waals surface area contributed by atoms with E-state index in [9.17, 15) is 0 Å². The number of fused-ring (bicyclic) bond motifs is 12. The lowest BCUT2D eigenvalue weighted by atomic mass is 9.74. The summed E-state index contributed by atoms with van der Waals surface area (Å²) in [5.41, 5.74) is 19.5. The standard InChI is InChI=1S/C57H37NS/c1-4-16-38(17-5-1)40-28-31-43(32-29-40)58(53-35-30-42(39-18-6-2-7-19-39)36-48(53)41-20-8-3-9-21-41)44-33-34-52-49(37-44)55-47-24-12-15-27-54(47)59-56(55)57(52)50-25-13-10-22-45(50)46-23-11-14-26-51(46)57/h1-37H. The Kier molecular flexibility index (Phi) is 7.69. The molecule has 2 aliphatic rings. The minimum absolute atomic E-state index is 0.394. The summed E-state index contributed by atoms with van der Waals surface area (Å²) >= 11 is 1.96. The van der Waals surface area contributed by atoms with Crippen LogP contribution in [0.1, 0.15) is 21.6 Å². The Hall–Kier alpha value is -7.26. The van der Waals surface area contributed by atoms with Crippen molar-refractivity contribution in [2.75, 3.05) is 4.90 Å². The molecule has 1 nitrogen and oxygen atoms in total. The second-order valence-corrected chi connectivity index (χ2v) is 16.6. The Balaban J connectivity index is 1.13. The Labute approximate surface area is 348 Å². The van der Waals surface area contributed by atoms with Crippen molar-refractivity contribution in [1.82, 2.24) is 0 Å². The largest absolute Gasteiger partial charge is 0.310 e. The predicted molar refractivity (Wildman–Crippen MR) is 249 cm³/mol. The Morgan fingerprint density at radius 3 is 1.53 bits per heavy atom. The minimum Gasteiger partial charge on any atom is -0.310 e. The zero-order valence-electron chi connectivity index (χ0n) is 32.2. The first-order valence-corrected chi connectivity index (χ1v) is 21.2. The maximum Gasteiger partial charge on any atom is 0.0819 e. The fraction of sp³-hybridized carbons (Fsp3) is 0.0175. The Morgan fingerprint density at radius 1 is 0.339 bits per heavy atom. The average molecular weight is 768 g/mol. The fourth-order valence-corrected chi connectivity index (χ4v) is 11.4. The number of nitrogens with zero attached hydrogens (tertiary/aromatic N) is 1. The van der Waals surface area contributed by atoms with Gasteiger partial charge in [-0.05, 0) is 104 Å². The third-order valence-corrected chi connectivity index (χ3v) is 13.8. The second-order valence-electron chi connectivity index (χ2n) is 15.6. The molecule has 0 unspecified atom stereocenters. The molecular weight excluding hydrogens is 731 g/mol. The van der Waals surface area contributed by atoms with Gasteiger partial charge in [0.15, 0.2) is 0 Å². The van der Waals surface area contributed by atoms with E-state index in [0.29, 0.717) is 0 Å². The number of hydrogen-bond acceptors (Lipinski definition) is 2. The Bertz CT molecular complexity index is 3150. The highest BCUT2D eigenvalue weighted by Crippen LogP contribution is 2.66. The smallest absolute Gasteiger partial charge is 0.0819 e. The van der Waals surface area contributed by atoms with Gasteiger partial charge >= 0.3 is 0 Å². The monoisotopic (exact) mass is 767 g/mol. The lowest BCUT2D eigenvalue weighted by molar-refractivity contribution is 0.811. The Morgan fingerprint density at radius 2 is 0.847 bits per heavy atom. The van der Waals surface area contributed by atoms with Gasteiger partial charge in [0.05, 0.1) is 11.1 Å². The van der Waals surface area contributed by atoms with Crippen LogP contribution in [0.25, 0.3) is 65.7 Å². The van der Waals surface area contributed by atoms with E-state index in [2.05, 4.69) is 229 Å². The molecule has 59 heavy (non-hydrogen) atoms. The van der Waals surface area contributed by atoms with Gasteiger partial charge in [0.2, 0.25) is 0 Å². The molecule has 0 saturated heterocycles. The van der Waals surface area contributed by atoms with E-state index in [4.69, 9.17) is 0 Å². The van der Waals surface area contributed by atoms with Crippen molar-refractivity contribution in [3.63, 3.8) is 0 Å². The molecule has 1 spiro atoms. The first kappa shape index (κ1) is 33.8. The molecule has 0 N–H and O–H groups in total. The molecule has 1 aromatic heterocycles. The maximum absolute atomic E-state index is 2.48. The number of rotatable bonds is 6. The number of anilines is 3. The van der Waals surface area contributed by atoms with Crippen LogP contribution in [0.4, 0.5) is 17.1 Å². The molecule has 0 fully saturated rings. The van der Waals surface area contributed by atoms with Crippen molar-refractivity contribution in [2.45, 2.75) is 5.41 Å². The van der Waals surface area contributed by atoms with E-state index in [-0.39, 0.29) is 0 Å². The molecule has 0 amide bonds. The van der Waals surface area contributed by atoms with Crippen LogP contribution in [0.3, 0.4) is 0 Å². The van der Waals surface area contributed by atoms with Gasteiger partial charge in [-0.15, -0.1) is 11.3 Å². The molecule has 10 aromatic rings. The van der Waals surface area contributed by atoms with Crippen LogP contribution in [0.5, 0.6) is 0 Å². The molecule has 2 heteroatoms. The summed E-state index contributed by atoms with van der Waals surface area (Å²) in [4.78, 5) is 3.89. The summed E-state index contributed by atoms with van der Waals surface area (Å²) in [7, 11) is 0. The van der Waals surface area contributed by atoms with Crippen molar-refractivity contribution < 1.29 is 0 Å². The molecule has 1 heterocycles. The fourth-order valence-electron chi connectivity index (χ4n) is 9.93. The highest BCUT2D eigenvalue weighted by Gasteiger charge is 2.53. The number of benzene rings is 9. The van der Waals surface area contributed by atoms with Crippen LogP contribution in [-0.4, -0.2) is 0 Å². The lowest BCUT2D eigenvalue weighted by Crippen LogP contribution is -2.25. The number of hydrogen-bond donors (Lipinski definition) is 0.